The molecular formula is C32H38N8O5. The first-order chi connectivity index (χ1) is 21.9. The van der Waals surface area contributed by atoms with Gasteiger partial charge in [0.1, 0.15) is 17.1 Å². The zero-order chi connectivity index (χ0) is 31.8. The van der Waals surface area contributed by atoms with Crippen molar-refractivity contribution in [1.82, 2.24) is 14.9 Å². The summed E-state index contributed by atoms with van der Waals surface area (Å²) < 4.78 is 11.3. The fraction of sp³-hybridized carbons (Fsp3) is 0.344. The Labute approximate surface area is 261 Å². The number of para-hydroxylation sites is 2. The topological polar surface area (TPSA) is 164 Å². The maximum absolute atomic E-state index is 13.2. The van der Waals surface area contributed by atoms with Crippen molar-refractivity contribution in [3.8, 4) is 5.75 Å². The van der Waals surface area contributed by atoms with Crippen LogP contribution in [0.4, 0.5) is 34.5 Å². The molecule has 0 atom stereocenters. The van der Waals surface area contributed by atoms with Crippen LogP contribution in [0.3, 0.4) is 0 Å². The van der Waals surface area contributed by atoms with Crippen LogP contribution >= 0.6 is 0 Å². The molecule has 13 nitrogen and oxygen atoms in total. The quantitative estimate of drug-likeness (QED) is 0.222. The molecule has 0 aliphatic carbocycles. The molecule has 0 spiro atoms. The van der Waals surface area contributed by atoms with Gasteiger partial charge in [-0.2, -0.15) is 4.98 Å². The SMILES string of the molecule is C=CC(=O)Nc1ccccc1Nc1nc(Nc2ccc3c(c2OC)CCCC(=O)N3CCCN2CCOCC2)ncc1C(N)=O. The van der Waals surface area contributed by atoms with Crippen molar-refractivity contribution in [3.63, 3.8) is 0 Å². The number of benzene rings is 2. The van der Waals surface area contributed by atoms with Crippen molar-refractivity contribution in [1.29, 1.82) is 0 Å². The molecule has 3 amide bonds. The average Bonchev–Trinajstić information content (AvgIpc) is 3.20. The Morgan fingerprint density at radius 3 is 2.58 bits per heavy atom. The van der Waals surface area contributed by atoms with Crippen molar-refractivity contribution in [2.45, 2.75) is 25.7 Å². The first-order valence-corrected chi connectivity index (χ1v) is 14.9. The lowest BCUT2D eigenvalue weighted by atomic mass is 10.0. The van der Waals surface area contributed by atoms with Crippen molar-refractivity contribution in [2.75, 3.05) is 67.4 Å². The number of morpholine rings is 1. The van der Waals surface area contributed by atoms with E-state index in [9.17, 15) is 14.4 Å². The number of nitrogens with one attached hydrogen (secondary N) is 3. The first-order valence-electron chi connectivity index (χ1n) is 14.9. The largest absolute Gasteiger partial charge is 0.494 e. The maximum atomic E-state index is 13.2. The van der Waals surface area contributed by atoms with Gasteiger partial charge in [-0.3, -0.25) is 19.3 Å². The van der Waals surface area contributed by atoms with Gasteiger partial charge in [0, 0.05) is 44.4 Å². The van der Waals surface area contributed by atoms with E-state index in [1.807, 2.05) is 17.0 Å². The predicted octanol–water partition coefficient (Wildman–Crippen LogP) is 3.59. The number of hydrogen-bond donors (Lipinski definition) is 4. The monoisotopic (exact) mass is 614 g/mol. The van der Waals surface area contributed by atoms with E-state index >= 15 is 0 Å². The number of aromatic nitrogens is 2. The van der Waals surface area contributed by atoms with Crippen LogP contribution < -0.4 is 31.3 Å². The van der Waals surface area contributed by atoms with E-state index in [-0.39, 0.29) is 23.2 Å². The molecule has 1 saturated heterocycles. The highest BCUT2D eigenvalue weighted by Crippen LogP contribution is 2.40. The summed E-state index contributed by atoms with van der Waals surface area (Å²) in [6.45, 7) is 8.30. The summed E-state index contributed by atoms with van der Waals surface area (Å²) in [6.07, 6.45) is 5.17. The number of hydrogen-bond acceptors (Lipinski definition) is 10. The lowest BCUT2D eigenvalue weighted by molar-refractivity contribution is -0.118. The summed E-state index contributed by atoms with van der Waals surface area (Å²) in [4.78, 5) is 50.4. The summed E-state index contributed by atoms with van der Waals surface area (Å²) in [5.41, 5.74) is 9.01. The van der Waals surface area contributed by atoms with Gasteiger partial charge in [0.2, 0.25) is 17.8 Å². The number of anilines is 6. The van der Waals surface area contributed by atoms with Gasteiger partial charge >= 0.3 is 0 Å². The number of primary amides is 1. The smallest absolute Gasteiger partial charge is 0.254 e. The molecule has 0 bridgehead atoms. The van der Waals surface area contributed by atoms with E-state index in [4.69, 9.17) is 15.2 Å². The third kappa shape index (κ3) is 7.56. The third-order valence-corrected chi connectivity index (χ3v) is 7.73. The number of carbonyl (C=O) groups excluding carboxylic acids is 3. The van der Waals surface area contributed by atoms with E-state index in [2.05, 4.69) is 37.4 Å². The summed E-state index contributed by atoms with van der Waals surface area (Å²) in [5, 5.41) is 9.02. The van der Waals surface area contributed by atoms with Crippen LogP contribution in [-0.4, -0.2) is 79.1 Å². The molecule has 1 aromatic heterocycles. The standard InChI is InChI=1S/C32H38N8O5/c1-3-27(41)35-23-9-4-5-10-24(23)36-31-22(30(33)43)20-34-32(38-31)37-25-12-13-26-21(29(25)44-2)8-6-11-28(42)40(26)15-7-14-39-16-18-45-19-17-39/h3-5,9-10,12-13,20H,1,6-8,11,14-19H2,2H3,(H2,33,43)(H,35,41)(H2,34,36,37,38). The Hall–Kier alpha value is -5.01. The first kappa shape index (κ1) is 31.4. The predicted molar refractivity (Wildman–Crippen MR) is 173 cm³/mol. The highest BCUT2D eigenvalue weighted by atomic mass is 16.5. The second-order valence-corrected chi connectivity index (χ2v) is 10.7. The Morgan fingerprint density at radius 1 is 1.07 bits per heavy atom. The van der Waals surface area contributed by atoms with Gasteiger partial charge in [-0.05, 0) is 49.6 Å². The maximum Gasteiger partial charge on any atom is 0.254 e. The van der Waals surface area contributed by atoms with Crippen LogP contribution in [0.25, 0.3) is 0 Å². The van der Waals surface area contributed by atoms with E-state index in [1.165, 1.54) is 6.20 Å². The number of amides is 3. The molecular weight excluding hydrogens is 576 g/mol. The minimum atomic E-state index is -0.724. The number of carbonyl (C=O) groups is 3. The number of rotatable bonds is 12. The fourth-order valence-electron chi connectivity index (χ4n) is 5.50. The lowest BCUT2D eigenvalue weighted by Crippen LogP contribution is -2.39. The van der Waals surface area contributed by atoms with Gasteiger partial charge in [0.05, 0.1) is 43.1 Å². The zero-order valence-corrected chi connectivity index (χ0v) is 25.3. The number of ether oxygens (including phenoxy) is 2. The molecule has 0 saturated carbocycles. The molecule has 2 aliphatic heterocycles. The zero-order valence-electron chi connectivity index (χ0n) is 25.3. The van der Waals surface area contributed by atoms with Crippen LogP contribution in [0.5, 0.6) is 5.75 Å². The molecule has 13 heteroatoms. The van der Waals surface area contributed by atoms with Crippen LogP contribution in [0.15, 0.2) is 55.3 Å². The summed E-state index contributed by atoms with van der Waals surface area (Å²) in [6, 6.07) is 10.7. The van der Waals surface area contributed by atoms with Crippen molar-refractivity contribution in [2.24, 2.45) is 5.73 Å². The molecule has 0 radical (unpaired) electrons. The second kappa shape index (κ2) is 14.6. The van der Waals surface area contributed by atoms with Crippen LogP contribution in [0.2, 0.25) is 0 Å². The number of nitrogens with two attached hydrogens (primary N) is 1. The summed E-state index contributed by atoms with van der Waals surface area (Å²) in [7, 11) is 1.59. The van der Waals surface area contributed by atoms with Gasteiger partial charge in [0.25, 0.3) is 5.91 Å². The molecule has 2 aromatic carbocycles. The molecule has 0 unspecified atom stereocenters. The van der Waals surface area contributed by atoms with E-state index in [0.717, 1.165) is 56.6 Å². The van der Waals surface area contributed by atoms with E-state index in [0.29, 0.717) is 48.6 Å². The van der Waals surface area contributed by atoms with Gasteiger partial charge in [-0.25, -0.2) is 4.98 Å². The summed E-state index contributed by atoms with van der Waals surface area (Å²) >= 11 is 0. The molecule has 3 aromatic rings. The minimum absolute atomic E-state index is 0.0607. The Bertz CT molecular complexity index is 1570. The average molecular weight is 615 g/mol. The fourth-order valence-corrected chi connectivity index (χ4v) is 5.50. The molecule has 3 heterocycles. The molecule has 5 N–H and O–H groups in total. The summed E-state index contributed by atoms with van der Waals surface area (Å²) in [5.74, 6) is -0.0969. The van der Waals surface area contributed by atoms with Crippen molar-refractivity contribution in [3.05, 3.63) is 66.4 Å². The number of nitrogens with zero attached hydrogens (tertiary/aromatic N) is 4. The normalized spacial score (nSPS) is 15.0. The van der Waals surface area contributed by atoms with E-state index in [1.54, 1.807) is 31.4 Å². The van der Waals surface area contributed by atoms with E-state index < -0.39 is 11.8 Å². The van der Waals surface area contributed by atoms with Gasteiger partial charge in [0.15, 0.2) is 0 Å². The lowest BCUT2D eigenvalue weighted by Gasteiger charge is -2.29. The Balaban J connectivity index is 1.40. The highest BCUT2D eigenvalue weighted by Gasteiger charge is 2.26. The molecule has 1 fully saturated rings. The molecule has 45 heavy (non-hydrogen) atoms. The van der Waals surface area contributed by atoms with Crippen LogP contribution in [0.1, 0.15) is 35.2 Å². The molecule has 236 valence electrons. The Kier molecular flexibility index (Phi) is 10.2. The van der Waals surface area contributed by atoms with Gasteiger partial charge in [-0.15, -0.1) is 0 Å². The minimum Gasteiger partial charge on any atom is -0.494 e. The molecule has 2 aliphatic rings. The number of fused-ring (bicyclic) bond motifs is 1. The Morgan fingerprint density at radius 2 is 1.84 bits per heavy atom. The second-order valence-electron chi connectivity index (χ2n) is 10.7. The van der Waals surface area contributed by atoms with Crippen LogP contribution in [0, 0.1) is 0 Å². The van der Waals surface area contributed by atoms with Crippen molar-refractivity contribution < 1.29 is 23.9 Å². The third-order valence-electron chi connectivity index (χ3n) is 7.73. The number of methoxy groups -OCH3 is 1. The van der Waals surface area contributed by atoms with Crippen LogP contribution in [-0.2, 0) is 20.7 Å². The molecule has 5 rings (SSSR count). The highest BCUT2D eigenvalue weighted by molar-refractivity contribution is 6.02. The van der Waals surface area contributed by atoms with Gasteiger partial charge < -0.3 is 36.1 Å². The van der Waals surface area contributed by atoms with Crippen molar-refractivity contribution >= 4 is 52.2 Å². The van der Waals surface area contributed by atoms with Gasteiger partial charge in [-0.1, -0.05) is 18.7 Å².